The van der Waals surface area contributed by atoms with Crippen molar-refractivity contribution in [3.63, 3.8) is 0 Å². The molecule has 0 spiro atoms. The van der Waals surface area contributed by atoms with Gasteiger partial charge >= 0.3 is 0 Å². The molecule has 1 aromatic carbocycles. The Morgan fingerprint density at radius 1 is 1.42 bits per heavy atom. The fraction of sp³-hybridized carbons (Fsp3) is 0.400. The minimum atomic E-state index is -0.251. The molecule has 1 aromatic rings. The SMILES string of the molecule is C=C(C)C1CC=C(C)/C(=N/NC(=O)c2ccccc2OCCC)C1. The van der Waals surface area contributed by atoms with Gasteiger partial charge in [-0.3, -0.25) is 4.79 Å². The Hall–Kier alpha value is -2.36. The zero-order valence-electron chi connectivity index (χ0n) is 14.8. The molecule has 0 heterocycles. The number of carbonyl (C=O) groups excluding carboxylic acids is 1. The quantitative estimate of drug-likeness (QED) is 0.618. The van der Waals surface area contributed by atoms with Crippen LogP contribution in [0.15, 0.2) is 53.2 Å². The zero-order valence-corrected chi connectivity index (χ0v) is 14.8. The number of hydrazone groups is 1. The summed E-state index contributed by atoms with van der Waals surface area (Å²) in [6.07, 6.45) is 4.85. The van der Waals surface area contributed by atoms with Crippen LogP contribution in [-0.4, -0.2) is 18.2 Å². The molecule has 0 fully saturated rings. The second kappa shape index (κ2) is 8.48. The molecule has 0 aromatic heterocycles. The number of ether oxygens (including phenoxy) is 1. The zero-order chi connectivity index (χ0) is 17.5. The van der Waals surface area contributed by atoms with Crippen molar-refractivity contribution in [2.45, 2.75) is 40.0 Å². The lowest BCUT2D eigenvalue weighted by atomic mass is 9.85. The Morgan fingerprint density at radius 2 is 2.17 bits per heavy atom. The highest BCUT2D eigenvalue weighted by Crippen LogP contribution is 2.26. The summed E-state index contributed by atoms with van der Waals surface area (Å²) < 4.78 is 5.64. The van der Waals surface area contributed by atoms with Gasteiger partial charge in [0.25, 0.3) is 5.91 Å². The summed E-state index contributed by atoms with van der Waals surface area (Å²) in [6.45, 7) is 10.7. The van der Waals surface area contributed by atoms with E-state index in [1.165, 1.54) is 0 Å². The van der Waals surface area contributed by atoms with Gasteiger partial charge in [0.2, 0.25) is 0 Å². The van der Waals surface area contributed by atoms with Crippen molar-refractivity contribution in [1.82, 2.24) is 5.43 Å². The van der Waals surface area contributed by atoms with Gasteiger partial charge in [0.15, 0.2) is 0 Å². The third-order valence-electron chi connectivity index (χ3n) is 4.19. The van der Waals surface area contributed by atoms with Crippen molar-refractivity contribution in [3.05, 3.63) is 53.6 Å². The number of nitrogens with one attached hydrogen (secondary N) is 1. The van der Waals surface area contributed by atoms with E-state index in [1.54, 1.807) is 12.1 Å². The third-order valence-corrected chi connectivity index (χ3v) is 4.19. The van der Waals surface area contributed by atoms with Crippen molar-refractivity contribution >= 4 is 11.6 Å². The van der Waals surface area contributed by atoms with Crippen LogP contribution >= 0.6 is 0 Å². The second-order valence-corrected chi connectivity index (χ2v) is 6.21. The maximum Gasteiger partial charge on any atom is 0.275 e. The number of carbonyl (C=O) groups is 1. The normalized spacial score (nSPS) is 18.9. The van der Waals surface area contributed by atoms with Crippen LogP contribution < -0.4 is 10.2 Å². The van der Waals surface area contributed by atoms with E-state index in [0.717, 1.165) is 36.1 Å². The van der Waals surface area contributed by atoms with Gasteiger partial charge in [0, 0.05) is 0 Å². The topological polar surface area (TPSA) is 50.7 Å². The van der Waals surface area contributed by atoms with Gasteiger partial charge in [0.1, 0.15) is 5.75 Å². The van der Waals surface area contributed by atoms with Crippen LogP contribution in [0.4, 0.5) is 0 Å². The van der Waals surface area contributed by atoms with Crippen molar-refractivity contribution < 1.29 is 9.53 Å². The molecule has 0 radical (unpaired) electrons. The Balaban J connectivity index is 2.11. The van der Waals surface area contributed by atoms with Gasteiger partial charge in [-0.1, -0.05) is 37.3 Å². The van der Waals surface area contributed by atoms with Gasteiger partial charge in [0.05, 0.1) is 17.9 Å². The predicted molar refractivity (Wildman–Crippen MR) is 98.4 cm³/mol. The number of hydrogen-bond acceptors (Lipinski definition) is 3. The molecule has 4 heteroatoms. The fourth-order valence-corrected chi connectivity index (χ4v) is 2.59. The van der Waals surface area contributed by atoms with Crippen LogP contribution in [-0.2, 0) is 0 Å². The molecule has 0 saturated heterocycles. The van der Waals surface area contributed by atoms with E-state index < -0.39 is 0 Å². The minimum Gasteiger partial charge on any atom is -0.493 e. The third kappa shape index (κ3) is 4.57. The molecule has 0 bridgehead atoms. The lowest BCUT2D eigenvalue weighted by molar-refractivity contribution is 0.0950. The largest absolute Gasteiger partial charge is 0.493 e. The Morgan fingerprint density at radius 3 is 2.88 bits per heavy atom. The van der Waals surface area contributed by atoms with Crippen LogP contribution in [0, 0.1) is 5.92 Å². The highest BCUT2D eigenvalue weighted by molar-refractivity contribution is 6.03. The number of amides is 1. The van der Waals surface area contributed by atoms with Gasteiger partial charge in [-0.05, 0) is 56.7 Å². The molecule has 1 unspecified atom stereocenters. The number of para-hydroxylation sites is 1. The molecular weight excluding hydrogens is 300 g/mol. The first-order chi connectivity index (χ1) is 11.5. The summed E-state index contributed by atoms with van der Waals surface area (Å²) in [5.74, 6) is 0.733. The molecule has 4 nitrogen and oxygen atoms in total. The highest BCUT2D eigenvalue weighted by atomic mass is 16.5. The number of nitrogens with zero attached hydrogens (tertiary/aromatic N) is 1. The van der Waals surface area contributed by atoms with Crippen LogP contribution in [0.25, 0.3) is 0 Å². The van der Waals surface area contributed by atoms with Crippen molar-refractivity contribution in [3.8, 4) is 5.75 Å². The molecular formula is C20H26N2O2. The van der Waals surface area contributed by atoms with E-state index in [1.807, 2.05) is 32.9 Å². The molecule has 128 valence electrons. The van der Waals surface area contributed by atoms with Crippen LogP contribution in [0.2, 0.25) is 0 Å². The lowest BCUT2D eigenvalue weighted by Gasteiger charge is -2.22. The molecule has 2 rings (SSSR count). The monoisotopic (exact) mass is 326 g/mol. The first-order valence-corrected chi connectivity index (χ1v) is 8.44. The molecule has 0 saturated carbocycles. The standard InChI is InChI=1S/C20H26N2O2/c1-5-12-24-19-9-7-6-8-17(19)20(23)22-21-18-13-16(14(2)3)11-10-15(18)4/h6-10,16H,2,5,11-13H2,1,3-4H3,(H,22,23)/b21-18+. The first kappa shape index (κ1) is 18.0. The number of allylic oxidation sites excluding steroid dienone is 3. The number of rotatable bonds is 6. The summed E-state index contributed by atoms with van der Waals surface area (Å²) in [6, 6.07) is 7.24. The minimum absolute atomic E-state index is 0.251. The first-order valence-electron chi connectivity index (χ1n) is 8.44. The van der Waals surface area contributed by atoms with E-state index in [9.17, 15) is 4.79 Å². The van der Waals surface area contributed by atoms with Crippen LogP contribution in [0.3, 0.4) is 0 Å². The average molecular weight is 326 g/mol. The maximum atomic E-state index is 12.5. The Labute approximate surface area is 144 Å². The van der Waals surface area contributed by atoms with Gasteiger partial charge < -0.3 is 4.74 Å². The van der Waals surface area contributed by atoms with Crippen LogP contribution in [0.5, 0.6) is 5.75 Å². The average Bonchev–Trinajstić information content (AvgIpc) is 2.59. The molecule has 1 N–H and O–H groups in total. The number of benzene rings is 1. The van der Waals surface area contributed by atoms with Crippen molar-refractivity contribution in [2.24, 2.45) is 11.0 Å². The number of hydrogen-bond donors (Lipinski definition) is 1. The van der Waals surface area contributed by atoms with Crippen LogP contribution in [0.1, 0.15) is 50.4 Å². The molecule has 1 aliphatic carbocycles. The van der Waals surface area contributed by atoms with Crippen molar-refractivity contribution in [1.29, 1.82) is 0 Å². The molecule has 1 aliphatic rings. The van der Waals surface area contributed by atoms with Gasteiger partial charge in [-0.25, -0.2) is 5.43 Å². The van der Waals surface area contributed by atoms with E-state index in [0.29, 0.717) is 23.8 Å². The summed E-state index contributed by atoms with van der Waals surface area (Å²) in [7, 11) is 0. The molecule has 24 heavy (non-hydrogen) atoms. The van der Waals surface area contributed by atoms with E-state index in [2.05, 4.69) is 23.2 Å². The summed E-state index contributed by atoms with van der Waals surface area (Å²) in [5.41, 5.74) is 6.35. The van der Waals surface area contributed by atoms with E-state index >= 15 is 0 Å². The second-order valence-electron chi connectivity index (χ2n) is 6.21. The predicted octanol–water partition coefficient (Wildman–Crippen LogP) is 4.49. The molecule has 1 atom stereocenters. The molecule has 1 amide bonds. The Bertz CT molecular complexity index is 674. The van der Waals surface area contributed by atoms with E-state index in [-0.39, 0.29) is 5.91 Å². The van der Waals surface area contributed by atoms with Gasteiger partial charge in [-0.15, -0.1) is 0 Å². The van der Waals surface area contributed by atoms with Gasteiger partial charge in [-0.2, -0.15) is 5.10 Å². The lowest BCUT2D eigenvalue weighted by Crippen LogP contribution is -2.23. The fourth-order valence-electron chi connectivity index (χ4n) is 2.59. The van der Waals surface area contributed by atoms with E-state index in [4.69, 9.17) is 4.74 Å². The summed E-state index contributed by atoms with van der Waals surface area (Å²) in [5, 5.41) is 4.35. The smallest absolute Gasteiger partial charge is 0.275 e. The van der Waals surface area contributed by atoms with Crippen molar-refractivity contribution in [2.75, 3.05) is 6.61 Å². The summed E-state index contributed by atoms with van der Waals surface area (Å²) >= 11 is 0. The maximum absolute atomic E-state index is 12.5. The molecule has 0 aliphatic heterocycles. The Kier molecular flexibility index (Phi) is 6.36. The highest BCUT2D eigenvalue weighted by Gasteiger charge is 2.19. The summed E-state index contributed by atoms with van der Waals surface area (Å²) in [4.78, 5) is 12.5.